The van der Waals surface area contributed by atoms with Crippen molar-refractivity contribution in [1.29, 1.82) is 0 Å². The second kappa shape index (κ2) is 9.43. The van der Waals surface area contributed by atoms with Crippen LogP contribution < -0.4 is 0 Å². The van der Waals surface area contributed by atoms with Gasteiger partial charge in [-0.1, -0.05) is 36.7 Å². The Kier molecular flexibility index (Phi) is 7.13. The summed E-state index contributed by atoms with van der Waals surface area (Å²) in [6, 6.07) is 11.7. The molecular formula is C21H25ClFN3O3S. The summed E-state index contributed by atoms with van der Waals surface area (Å²) in [5.74, 6) is -0.657. The third-order valence-corrected chi connectivity index (χ3v) is 7.59. The molecule has 1 fully saturated rings. The van der Waals surface area contributed by atoms with Crippen LogP contribution in [0.4, 0.5) is 4.39 Å². The molecule has 1 aliphatic rings. The minimum absolute atomic E-state index is 0.110. The maximum Gasteiger partial charge on any atom is 0.282 e. The first-order valence-electron chi connectivity index (χ1n) is 9.76. The van der Waals surface area contributed by atoms with Gasteiger partial charge in [0.15, 0.2) is 0 Å². The van der Waals surface area contributed by atoms with E-state index in [1.807, 2.05) is 19.1 Å². The van der Waals surface area contributed by atoms with E-state index in [1.165, 1.54) is 29.6 Å². The van der Waals surface area contributed by atoms with Gasteiger partial charge in [-0.3, -0.25) is 4.79 Å². The Bertz CT molecular complexity index is 986. The molecule has 162 valence electrons. The minimum Gasteiger partial charge on any atom is -0.336 e. The van der Waals surface area contributed by atoms with Gasteiger partial charge in [-0.15, -0.1) is 0 Å². The van der Waals surface area contributed by atoms with E-state index in [-0.39, 0.29) is 36.1 Å². The van der Waals surface area contributed by atoms with Crippen LogP contribution in [-0.4, -0.2) is 61.1 Å². The highest BCUT2D eigenvalue weighted by Crippen LogP contribution is 2.23. The molecule has 0 atom stereocenters. The molecule has 0 N–H and O–H groups in total. The predicted molar refractivity (Wildman–Crippen MR) is 115 cm³/mol. The van der Waals surface area contributed by atoms with Gasteiger partial charge in [0, 0.05) is 55.9 Å². The Balaban J connectivity index is 1.63. The first-order valence-corrected chi connectivity index (χ1v) is 11.5. The Morgan fingerprint density at radius 1 is 1.10 bits per heavy atom. The normalized spacial score (nSPS) is 15.6. The molecule has 0 aromatic heterocycles. The van der Waals surface area contributed by atoms with Crippen LogP contribution >= 0.6 is 11.6 Å². The number of nitrogens with zero attached hydrogens (tertiary/aromatic N) is 3. The molecule has 3 rings (SSSR count). The monoisotopic (exact) mass is 453 g/mol. The van der Waals surface area contributed by atoms with Crippen LogP contribution in [0.15, 0.2) is 42.5 Å². The van der Waals surface area contributed by atoms with Gasteiger partial charge in [0.2, 0.25) is 0 Å². The lowest BCUT2D eigenvalue weighted by Gasteiger charge is -2.36. The molecule has 9 heteroatoms. The third kappa shape index (κ3) is 4.83. The largest absolute Gasteiger partial charge is 0.336 e. The zero-order chi connectivity index (χ0) is 21.9. The van der Waals surface area contributed by atoms with E-state index in [4.69, 9.17) is 11.6 Å². The highest BCUT2D eigenvalue weighted by Gasteiger charge is 2.32. The van der Waals surface area contributed by atoms with Crippen molar-refractivity contribution >= 4 is 27.7 Å². The fourth-order valence-electron chi connectivity index (χ4n) is 3.37. The molecule has 1 aliphatic heterocycles. The lowest BCUT2D eigenvalue weighted by atomic mass is 10.1. The summed E-state index contributed by atoms with van der Waals surface area (Å²) in [6.45, 7) is 2.82. The first kappa shape index (κ1) is 22.7. The van der Waals surface area contributed by atoms with Gasteiger partial charge >= 0.3 is 0 Å². The molecule has 2 aromatic rings. The summed E-state index contributed by atoms with van der Waals surface area (Å²) >= 11 is 6.02. The molecule has 6 nitrogen and oxygen atoms in total. The fourth-order valence-corrected chi connectivity index (χ4v) is 4.91. The molecule has 0 bridgehead atoms. The van der Waals surface area contributed by atoms with E-state index in [1.54, 1.807) is 17.0 Å². The lowest BCUT2D eigenvalue weighted by molar-refractivity contribution is 0.0694. The number of hydrogen-bond acceptors (Lipinski definition) is 3. The zero-order valence-corrected chi connectivity index (χ0v) is 18.6. The molecule has 0 spiro atoms. The van der Waals surface area contributed by atoms with Gasteiger partial charge in [-0.05, 0) is 36.2 Å². The first-order chi connectivity index (χ1) is 14.2. The Labute approximate surface area is 182 Å². The van der Waals surface area contributed by atoms with Crippen LogP contribution in [0.2, 0.25) is 5.02 Å². The van der Waals surface area contributed by atoms with Gasteiger partial charge in [0.1, 0.15) is 5.82 Å². The SMILES string of the molecule is CCc1ccc(C(=O)N2CCN(S(=O)(=O)N(C)Cc3c(F)cccc3Cl)CC2)cc1. The van der Waals surface area contributed by atoms with Crippen LogP contribution in [0.3, 0.4) is 0 Å². The Morgan fingerprint density at radius 2 is 1.73 bits per heavy atom. The van der Waals surface area contributed by atoms with Crippen LogP contribution in [0, 0.1) is 5.82 Å². The van der Waals surface area contributed by atoms with E-state index in [2.05, 4.69) is 0 Å². The maximum absolute atomic E-state index is 14.0. The highest BCUT2D eigenvalue weighted by atomic mass is 35.5. The van der Waals surface area contributed by atoms with Gasteiger partial charge in [-0.2, -0.15) is 17.0 Å². The number of benzene rings is 2. The number of carbonyl (C=O) groups excluding carboxylic acids is 1. The van der Waals surface area contributed by atoms with E-state index < -0.39 is 16.0 Å². The smallest absolute Gasteiger partial charge is 0.282 e. The van der Waals surface area contributed by atoms with Crippen molar-refractivity contribution < 1.29 is 17.6 Å². The van der Waals surface area contributed by atoms with Crippen molar-refractivity contribution in [3.63, 3.8) is 0 Å². The van der Waals surface area contributed by atoms with E-state index in [9.17, 15) is 17.6 Å². The number of carbonyl (C=O) groups is 1. The quantitative estimate of drug-likeness (QED) is 0.675. The minimum atomic E-state index is -3.81. The zero-order valence-electron chi connectivity index (χ0n) is 17.0. The second-order valence-electron chi connectivity index (χ2n) is 7.21. The standard InChI is InChI=1S/C21H25ClFN3O3S/c1-3-16-7-9-17(10-8-16)21(27)25-11-13-26(14-12-25)30(28,29)24(2)15-18-19(22)5-4-6-20(18)23/h4-10H,3,11-15H2,1-2H3. The number of aryl methyl sites for hydroxylation is 1. The number of hydrogen-bond donors (Lipinski definition) is 0. The summed E-state index contributed by atoms with van der Waals surface area (Å²) in [5.41, 5.74) is 1.88. The van der Waals surface area contributed by atoms with E-state index >= 15 is 0 Å². The van der Waals surface area contributed by atoms with Crippen molar-refractivity contribution in [3.8, 4) is 0 Å². The predicted octanol–water partition coefficient (Wildman–Crippen LogP) is 3.18. The molecule has 0 saturated carbocycles. The lowest BCUT2D eigenvalue weighted by Crippen LogP contribution is -2.53. The maximum atomic E-state index is 14.0. The topological polar surface area (TPSA) is 60.9 Å². The average Bonchev–Trinajstić information content (AvgIpc) is 2.76. The van der Waals surface area contributed by atoms with Gasteiger partial charge in [-0.25, -0.2) is 4.39 Å². The average molecular weight is 454 g/mol. The molecule has 0 aliphatic carbocycles. The fraction of sp³-hybridized carbons (Fsp3) is 0.381. The number of rotatable bonds is 6. The molecule has 30 heavy (non-hydrogen) atoms. The van der Waals surface area contributed by atoms with Crippen LogP contribution in [0.1, 0.15) is 28.4 Å². The van der Waals surface area contributed by atoms with E-state index in [0.29, 0.717) is 18.7 Å². The summed E-state index contributed by atoms with van der Waals surface area (Å²) in [7, 11) is -2.42. The van der Waals surface area contributed by atoms with Gasteiger partial charge in [0.05, 0.1) is 0 Å². The van der Waals surface area contributed by atoms with Crippen molar-refractivity contribution in [3.05, 3.63) is 70.0 Å². The van der Waals surface area contributed by atoms with Crippen molar-refractivity contribution in [2.45, 2.75) is 19.9 Å². The second-order valence-corrected chi connectivity index (χ2v) is 9.65. The summed E-state index contributed by atoms with van der Waals surface area (Å²) < 4.78 is 42.2. The number of halogens is 2. The van der Waals surface area contributed by atoms with Gasteiger partial charge < -0.3 is 4.90 Å². The molecule has 2 aromatic carbocycles. The summed E-state index contributed by atoms with van der Waals surface area (Å²) in [4.78, 5) is 14.4. The van der Waals surface area contributed by atoms with E-state index in [0.717, 1.165) is 16.3 Å². The molecule has 1 heterocycles. The molecule has 0 radical (unpaired) electrons. The van der Waals surface area contributed by atoms with Crippen LogP contribution in [-0.2, 0) is 23.2 Å². The van der Waals surface area contributed by atoms with Crippen LogP contribution in [0.5, 0.6) is 0 Å². The Hall–Kier alpha value is -2.00. The van der Waals surface area contributed by atoms with Gasteiger partial charge in [0.25, 0.3) is 16.1 Å². The molecular weight excluding hydrogens is 429 g/mol. The summed E-state index contributed by atoms with van der Waals surface area (Å²) in [5, 5.41) is 0.182. The summed E-state index contributed by atoms with van der Waals surface area (Å²) in [6.07, 6.45) is 0.899. The molecule has 1 amide bonds. The molecule has 0 unspecified atom stereocenters. The number of amides is 1. The van der Waals surface area contributed by atoms with Crippen LogP contribution in [0.25, 0.3) is 0 Å². The van der Waals surface area contributed by atoms with Crippen molar-refractivity contribution in [2.24, 2.45) is 0 Å². The van der Waals surface area contributed by atoms with Crippen molar-refractivity contribution in [2.75, 3.05) is 33.2 Å². The Morgan fingerprint density at radius 3 is 2.30 bits per heavy atom. The van der Waals surface area contributed by atoms with Crippen molar-refractivity contribution in [1.82, 2.24) is 13.5 Å². The number of piperazine rings is 1. The third-order valence-electron chi connectivity index (χ3n) is 5.30. The molecule has 1 saturated heterocycles. The highest BCUT2D eigenvalue weighted by molar-refractivity contribution is 7.86.